The van der Waals surface area contributed by atoms with Gasteiger partial charge in [0.1, 0.15) is 11.9 Å². The zero-order valence-electron chi connectivity index (χ0n) is 12.4. The number of hydrogen-bond acceptors (Lipinski definition) is 3. The first-order valence-corrected chi connectivity index (χ1v) is 7.01. The average molecular weight is 331 g/mol. The Labute approximate surface area is 137 Å². The summed E-state index contributed by atoms with van der Waals surface area (Å²) >= 11 is 5.90. The molecule has 0 aliphatic heterocycles. The first-order valence-electron chi connectivity index (χ1n) is 6.63. The quantitative estimate of drug-likeness (QED) is 0.803. The molecule has 23 heavy (non-hydrogen) atoms. The third-order valence-corrected chi connectivity index (χ3v) is 3.59. The average Bonchev–Trinajstić information content (AvgIpc) is 2.53. The van der Waals surface area contributed by atoms with E-state index in [9.17, 15) is 14.0 Å². The van der Waals surface area contributed by atoms with Gasteiger partial charge in [0.15, 0.2) is 5.78 Å². The summed E-state index contributed by atoms with van der Waals surface area (Å²) in [7, 11) is 1.42. The molecular formula is C17H12ClFN2O2. The van der Waals surface area contributed by atoms with E-state index in [1.807, 2.05) is 6.07 Å². The second kappa shape index (κ2) is 6.59. The van der Waals surface area contributed by atoms with E-state index in [1.54, 1.807) is 0 Å². The van der Waals surface area contributed by atoms with Crippen LogP contribution in [0.2, 0.25) is 5.02 Å². The van der Waals surface area contributed by atoms with Crippen LogP contribution in [0.1, 0.15) is 33.2 Å². The van der Waals surface area contributed by atoms with Crippen LogP contribution in [-0.2, 0) is 0 Å². The van der Waals surface area contributed by atoms with Gasteiger partial charge in [-0.15, -0.1) is 0 Å². The predicted octanol–water partition coefficient (Wildman–Crippen LogP) is 3.83. The van der Waals surface area contributed by atoms with Crippen LogP contribution in [0.4, 0.5) is 10.1 Å². The van der Waals surface area contributed by atoms with Gasteiger partial charge in [0, 0.05) is 17.6 Å². The number of rotatable bonds is 3. The maximum absolute atomic E-state index is 14.1. The highest BCUT2D eigenvalue weighted by molar-refractivity contribution is 6.31. The van der Waals surface area contributed by atoms with Crippen LogP contribution in [0.5, 0.6) is 0 Å². The topological polar surface area (TPSA) is 61.2 Å². The smallest absolute Gasteiger partial charge is 0.261 e. The first-order chi connectivity index (χ1) is 10.8. The molecule has 116 valence electrons. The zero-order chi connectivity index (χ0) is 17.1. The molecule has 2 aromatic carbocycles. The van der Waals surface area contributed by atoms with Crippen molar-refractivity contribution in [2.45, 2.75) is 6.92 Å². The Hall–Kier alpha value is -2.71. The number of anilines is 1. The molecule has 2 rings (SSSR count). The Balaban J connectivity index is 2.43. The maximum Gasteiger partial charge on any atom is 0.261 e. The number of carbonyl (C=O) groups excluding carboxylic acids is 2. The fourth-order valence-electron chi connectivity index (χ4n) is 2.07. The zero-order valence-corrected chi connectivity index (χ0v) is 13.2. The molecule has 0 unspecified atom stereocenters. The van der Waals surface area contributed by atoms with Crippen molar-refractivity contribution in [3.8, 4) is 6.07 Å². The summed E-state index contributed by atoms with van der Waals surface area (Å²) in [6.07, 6.45) is 0. The molecule has 0 bridgehead atoms. The number of Topliss-reactive ketones (excluding diaryl/α,β-unsaturated/α-hetero) is 1. The lowest BCUT2D eigenvalue weighted by molar-refractivity contribution is 0.0983. The van der Waals surface area contributed by atoms with E-state index in [4.69, 9.17) is 16.9 Å². The summed E-state index contributed by atoms with van der Waals surface area (Å²) in [6, 6.07) is 10.1. The van der Waals surface area contributed by atoms with Crippen LogP contribution >= 0.6 is 11.6 Å². The van der Waals surface area contributed by atoms with Gasteiger partial charge >= 0.3 is 0 Å². The van der Waals surface area contributed by atoms with Crippen LogP contribution in [0, 0.1) is 17.1 Å². The van der Waals surface area contributed by atoms with Gasteiger partial charge < -0.3 is 4.90 Å². The summed E-state index contributed by atoms with van der Waals surface area (Å²) in [6.45, 7) is 1.31. The number of hydrogen-bond donors (Lipinski definition) is 0. The number of nitriles is 1. The van der Waals surface area contributed by atoms with Crippen LogP contribution in [0.3, 0.4) is 0 Å². The van der Waals surface area contributed by atoms with Crippen molar-refractivity contribution in [1.82, 2.24) is 0 Å². The highest BCUT2D eigenvalue weighted by Gasteiger charge is 2.20. The highest BCUT2D eigenvalue weighted by Crippen LogP contribution is 2.25. The monoisotopic (exact) mass is 330 g/mol. The summed E-state index contributed by atoms with van der Waals surface area (Å²) in [4.78, 5) is 24.9. The fourth-order valence-corrected chi connectivity index (χ4v) is 2.24. The Morgan fingerprint density at radius 1 is 1.22 bits per heavy atom. The SMILES string of the molecule is CC(=O)c1ccc(C(=O)N(C)c2cc(Cl)ccc2C#N)c(F)c1. The molecule has 0 N–H and O–H groups in total. The van der Waals surface area contributed by atoms with Gasteiger partial charge in [-0.3, -0.25) is 9.59 Å². The minimum absolute atomic E-state index is 0.183. The van der Waals surface area contributed by atoms with Gasteiger partial charge in [0.05, 0.1) is 16.8 Å². The summed E-state index contributed by atoms with van der Waals surface area (Å²) in [5.74, 6) is -1.73. The molecule has 0 aliphatic carbocycles. The van der Waals surface area contributed by atoms with Crippen molar-refractivity contribution in [3.05, 3.63) is 63.9 Å². The summed E-state index contributed by atoms with van der Waals surface area (Å²) in [5.41, 5.74) is 0.509. The van der Waals surface area contributed by atoms with E-state index < -0.39 is 11.7 Å². The number of amides is 1. The van der Waals surface area contributed by atoms with Crippen LogP contribution < -0.4 is 4.90 Å². The fraction of sp³-hybridized carbons (Fsp3) is 0.118. The van der Waals surface area contributed by atoms with Gasteiger partial charge in [-0.05, 0) is 37.3 Å². The number of nitrogens with zero attached hydrogens (tertiary/aromatic N) is 2. The van der Waals surface area contributed by atoms with Gasteiger partial charge in [-0.2, -0.15) is 5.26 Å². The molecule has 0 aromatic heterocycles. The van der Waals surface area contributed by atoms with Crippen LogP contribution in [-0.4, -0.2) is 18.7 Å². The predicted molar refractivity (Wildman–Crippen MR) is 85.3 cm³/mol. The van der Waals surface area contributed by atoms with E-state index in [0.29, 0.717) is 5.02 Å². The van der Waals surface area contributed by atoms with Gasteiger partial charge in [0.2, 0.25) is 0 Å². The first kappa shape index (κ1) is 16.7. The van der Waals surface area contributed by atoms with Crippen molar-refractivity contribution in [2.75, 3.05) is 11.9 Å². The second-order valence-electron chi connectivity index (χ2n) is 4.89. The minimum atomic E-state index is -0.796. The van der Waals surface area contributed by atoms with Crippen LogP contribution in [0.25, 0.3) is 0 Å². The summed E-state index contributed by atoms with van der Waals surface area (Å²) in [5, 5.41) is 9.47. The third kappa shape index (κ3) is 3.38. The standard InChI is InChI=1S/C17H12ClFN2O2/c1-10(22)11-4-6-14(15(19)7-11)17(23)21(2)16-8-13(18)5-3-12(16)9-20/h3-8H,1-2H3. The molecule has 4 nitrogen and oxygen atoms in total. The Bertz CT molecular complexity index is 843. The lowest BCUT2D eigenvalue weighted by atomic mass is 10.1. The Morgan fingerprint density at radius 3 is 2.48 bits per heavy atom. The van der Waals surface area contributed by atoms with E-state index in [0.717, 1.165) is 11.0 Å². The molecule has 1 amide bonds. The molecule has 0 spiro atoms. The Kier molecular flexibility index (Phi) is 4.77. The molecule has 6 heteroatoms. The summed E-state index contributed by atoms with van der Waals surface area (Å²) < 4.78 is 14.1. The molecule has 0 atom stereocenters. The molecule has 0 heterocycles. The molecule has 0 saturated carbocycles. The normalized spacial score (nSPS) is 10.0. The van der Waals surface area contributed by atoms with Crippen molar-refractivity contribution in [2.24, 2.45) is 0 Å². The van der Waals surface area contributed by atoms with Crippen molar-refractivity contribution >= 4 is 29.0 Å². The van der Waals surface area contributed by atoms with Gasteiger partial charge in [0.25, 0.3) is 5.91 Å². The van der Waals surface area contributed by atoms with Crippen molar-refractivity contribution in [3.63, 3.8) is 0 Å². The number of ketones is 1. The molecule has 0 aliphatic rings. The largest absolute Gasteiger partial charge is 0.310 e. The minimum Gasteiger partial charge on any atom is -0.310 e. The number of benzene rings is 2. The maximum atomic E-state index is 14.1. The number of halogens is 2. The lowest BCUT2D eigenvalue weighted by Gasteiger charge is -2.19. The Morgan fingerprint density at radius 2 is 1.91 bits per heavy atom. The molecule has 0 radical (unpaired) electrons. The van der Waals surface area contributed by atoms with Gasteiger partial charge in [-0.1, -0.05) is 17.7 Å². The van der Waals surface area contributed by atoms with Gasteiger partial charge in [-0.25, -0.2) is 4.39 Å². The lowest BCUT2D eigenvalue weighted by Crippen LogP contribution is -2.28. The third-order valence-electron chi connectivity index (χ3n) is 3.35. The van der Waals surface area contributed by atoms with E-state index in [1.165, 1.54) is 44.3 Å². The van der Waals surface area contributed by atoms with E-state index in [2.05, 4.69) is 0 Å². The molecule has 0 saturated heterocycles. The molecule has 2 aromatic rings. The second-order valence-corrected chi connectivity index (χ2v) is 5.32. The van der Waals surface area contributed by atoms with E-state index in [-0.39, 0.29) is 28.2 Å². The highest BCUT2D eigenvalue weighted by atomic mass is 35.5. The number of carbonyl (C=O) groups is 2. The van der Waals surface area contributed by atoms with E-state index >= 15 is 0 Å². The molecular weight excluding hydrogens is 319 g/mol. The van der Waals surface area contributed by atoms with Crippen molar-refractivity contribution in [1.29, 1.82) is 5.26 Å². The molecule has 0 fully saturated rings. The van der Waals surface area contributed by atoms with Crippen molar-refractivity contribution < 1.29 is 14.0 Å². The van der Waals surface area contributed by atoms with Crippen LogP contribution in [0.15, 0.2) is 36.4 Å².